The second-order valence-electron chi connectivity index (χ2n) is 16.8. The van der Waals surface area contributed by atoms with Crippen LogP contribution in [0.3, 0.4) is 0 Å². The van der Waals surface area contributed by atoms with Gasteiger partial charge in [-0.3, -0.25) is 4.79 Å². The van der Waals surface area contributed by atoms with Gasteiger partial charge in [-0.05, 0) is 106 Å². The van der Waals surface area contributed by atoms with Crippen LogP contribution in [0.4, 0.5) is 4.39 Å². The monoisotopic (exact) mass is 812 g/mol. The quantitative estimate of drug-likeness (QED) is 0.0786. The Labute approximate surface area is 346 Å². The van der Waals surface area contributed by atoms with Crippen LogP contribution in [0.1, 0.15) is 93.1 Å². The van der Waals surface area contributed by atoms with Gasteiger partial charge in [0.25, 0.3) is 5.91 Å². The zero-order valence-corrected chi connectivity index (χ0v) is 34.5. The molecule has 2 heterocycles. The number of oxime groups is 1. The largest absolute Gasteiger partial charge is 0.489 e. The molecule has 59 heavy (non-hydrogen) atoms. The minimum atomic E-state index is -1.42. The van der Waals surface area contributed by atoms with Crippen LogP contribution in [0.2, 0.25) is 0 Å². The van der Waals surface area contributed by atoms with Crippen LogP contribution < -0.4 is 18.9 Å². The van der Waals surface area contributed by atoms with E-state index in [0.29, 0.717) is 52.7 Å². The zero-order valence-electron chi connectivity index (χ0n) is 34.5. The van der Waals surface area contributed by atoms with E-state index in [-0.39, 0.29) is 69.1 Å². The molecule has 3 aromatic rings. The van der Waals surface area contributed by atoms with Crippen LogP contribution in [0, 0.1) is 23.6 Å². The summed E-state index contributed by atoms with van der Waals surface area (Å²) in [6.07, 6.45) is 8.76. The third kappa shape index (κ3) is 8.86. The van der Waals surface area contributed by atoms with Gasteiger partial charge in [-0.1, -0.05) is 48.3 Å². The summed E-state index contributed by atoms with van der Waals surface area (Å²) in [6, 6.07) is 16.7. The number of aliphatic hydroxyl groups is 2. The van der Waals surface area contributed by atoms with Crippen LogP contribution in [-0.2, 0) is 16.2 Å². The van der Waals surface area contributed by atoms with Crippen molar-refractivity contribution < 1.29 is 47.9 Å². The fourth-order valence-corrected chi connectivity index (χ4v) is 9.16. The van der Waals surface area contributed by atoms with Gasteiger partial charge in [0.1, 0.15) is 35.6 Å². The number of carbonyl (C=O) groups is 1. The van der Waals surface area contributed by atoms with Crippen molar-refractivity contribution in [3.63, 3.8) is 0 Å². The summed E-state index contributed by atoms with van der Waals surface area (Å²) in [5.74, 6) is -0.432. The Kier molecular flexibility index (Phi) is 13.0. The van der Waals surface area contributed by atoms with Gasteiger partial charge in [0.15, 0.2) is 11.5 Å². The standard InChI is InChI=1S/C47H57FN2O9/c1-6-23-57-47-42(50(5)45(53)31-17-19-40-41(25-31)56-29-55-40)27-38(49-59-46(2,3)4)35-24-30(13-9-11-21-51)34(15-10-12-22-52)43(44(35)47)36-26-33(18-20-39(36)58-47)54-28-32-14-7-8-16-37(32)48/h6-8,14,16-20,24-26,30,34,42-44,51-52H,1,9-13,15,21-23,27-29H2,2-5H3. The Hall–Kier alpha value is -4.91. The molecule has 0 saturated heterocycles. The van der Waals surface area contributed by atoms with Gasteiger partial charge in [-0.25, -0.2) is 4.39 Å². The van der Waals surface area contributed by atoms with Crippen molar-refractivity contribution in [3.8, 4) is 23.0 Å². The van der Waals surface area contributed by atoms with Crippen molar-refractivity contribution in [2.45, 2.75) is 95.7 Å². The summed E-state index contributed by atoms with van der Waals surface area (Å²) in [4.78, 5) is 22.6. The first-order valence-corrected chi connectivity index (χ1v) is 20.8. The number of unbranched alkanes of at least 4 members (excludes halogenated alkanes) is 2. The lowest BCUT2D eigenvalue weighted by molar-refractivity contribution is -0.252. The van der Waals surface area contributed by atoms with Crippen molar-refractivity contribution in [3.05, 3.63) is 107 Å². The molecule has 1 fully saturated rings. The third-order valence-corrected chi connectivity index (χ3v) is 11.8. The van der Waals surface area contributed by atoms with E-state index in [9.17, 15) is 19.4 Å². The summed E-state index contributed by atoms with van der Waals surface area (Å²) in [5, 5.41) is 24.6. The van der Waals surface area contributed by atoms with Gasteiger partial charge in [-0.2, -0.15) is 0 Å². The maximum atomic E-state index is 14.7. The molecule has 7 rings (SSSR count). The number of aliphatic hydroxyl groups excluding tert-OH is 2. The van der Waals surface area contributed by atoms with Gasteiger partial charge in [0.2, 0.25) is 12.6 Å². The number of halogens is 1. The molecule has 0 radical (unpaired) electrons. The van der Waals surface area contributed by atoms with E-state index >= 15 is 0 Å². The first kappa shape index (κ1) is 42.2. The molecule has 1 saturated carbocycles. The van der Waals surface area contributed by atoms with Crippen LogP contribution >= 0.6 is 0 Å². The van der Waals surface area contributed by atoms with Crippen molar-refractivity contribution in [2.75, 3.05) is 33.7 Å². The van der Waals surface area contributed by atoms with Gasteiger partial charge in [-0.15, -0.1) is 6.58 Å². The summed E-state index contributed by atoms with van der Waals surface area (Å²) in [5.41, 5.74) is 2.79. The Balaban J connectivity index is 1.41. The minimum Gasteiger partial charge on any atom is -0.489 e. The predicted molar refractivity (Wildman–Crippen MR) is 221 cm³/mol. The predicted octanol–water partition coefficient (Wildman–Crippen LogP) is 8.34. The van der Waals surface area contributed by atoms with Crippen molar-refractivity contribution in [1.29, 1.82) is 0 Å². The molecule has 1 amide bonds. The number of rotatable bonds is 17. The van der Waals surface area contributed by atoms with Gasteiger partial charge >= 0.3 is 0 Å². The Morgan fingerprint density at radius 2 is 1.75 bits per heavy atom. The van der Waals surface area contributed by atoms with E-state index < -0.39 is 23.3 Å². The lowest BCUT2D eigenvalue weighted by atomic mass is 9.55. The lowest BCUT2D eigenvalue weighted by Crippen LogP contribution is -2.69. The molecule has 0 aromatic heterocycles. The fourth-order valence-electron chi connectivity index (χ4n) is 9.16. The molecule has 2 aliphatic heterocycles. The number of fused-ring (bicyclic) bond motifs is 3. The SMILES string of the molecule is C=CCOC12Oc3ccc(OCc4ccccc4F)cc3C3C(CCCCO)C(CCCCO)C=C(C(=NOC(C)(C)C)CC1N(C)C(=O)c1ccc4c(c1)OCO4)C32. The number of hydrogen-bond donors (Lipinski definition) is 2. The highest BCUT2D eigenvalue weighted by atomic mass is 19.1. The Morgan fingerprint density at radius 1 is 1.00 bits per heavy atom. The highest BCUT2D eigenvalue weighted by Gasteiger charge is 2.65. The van der Waals surface area contributed by atoms with Crippen LogP contribution in [0.25, 0.3) is 0 Å². The maximum absolute atomic E-state index is 14.7. The molecule has 2 N–H and O–H groups in total. The molecule has 0 spiro atoms. The molecular formula is C47H57FN2O9. The lowest BCUT2D eigenvalue weighted by Gasteiger charge is -2.59. The molecule has 4 aliphatic rings. The molecule has 12 heteroatoms. The molecule has 6 atom stereocenters. The van der Waals surface area contributed by atoms with Gasteiger partial charge < -0.3 is 43.6 Å². The normalized spacial score (nSPS) is 24.7. The van der Waals surface area contributed by atoms with Gasteiger partial charge in [0.05, 0.1) is 18.2 Å². The molecule has 3 aromatic carbocycles. The van der Waals surface area contributed by atoms with Crippen LogP contribution in [0.15, 0.2) is 90.1 Å². The summed E-state index contributed by atoms with van der Waals surface area (Å²) < 4.78 is 46.4. The Bertz CT molecular complexity index is 2050. The Morgan fingerprint density at radius 3 is 2.49 bits per heavy atom. The number of allylic oxidation sites excluding steroid dienone is 1. The molecule has 316 valence electrons. The van der Waals surface area contributed by atoms with Crippen molar-refractivity contribution in [1.82, 2.24) is 4.90 Å². The maximum Gasteiger partial charge on any atom is 0.254 e. The zero-order chi connectivity index (χ0) is 41.7. The molecule has 0 bridgehead atoms. The highest BCUT2D eigenvalue weighted by Crippen LogP contribution is 2.62. The number of amides is 1. The molecule has 6 unspecified atom stereocenters. The smallest absolute Gasteiger partial charge is 0.254 e. The first-order valence-electron chi connectivity index (χ1n) is 20.8. The van der Waals surface area contributed by atoms with Crippen molar-refractivity contribution in [2.24, 2.45) is 22.9 Å². The second-order valence-corrected chi connectivity index (χ2v) is 16.8. The van der Waals surface area contributed by atoms with E-state index in [1.807, 2.05) is 39.0 Å². The second kappa shape index (κ2) is 18.1. The molecular weight excluding hydrogens is 756 g/mol. The fraction of sp³-hybridized carbons (Fsp3) is 0.489. The van der Waals surface area contributed by atoms with E-state index in [1.54, 1.807) is 54.4 Å². The summed E-state index contributed by atoms with van der Waals surface area (Å²) in [6.45, 7) is 10.3. The van der Waals surface area contributed by atoms with E-state index in [4.69, 9.17) is 33.7 Å². The van der Waals surface area contributed by atoms with Crippen molar-refractivity contribution >= 4 is 11.6 Å². The van der Waals surface area contributed by atoms with E-state index in [0.717, 1.165) is 36.8 Å². The first-order chi connectivity index (χ1) is 28.5. The number of carbonyl (C=O) groups excluding carboxylic acids is 1. The molecule has 2 aliphatic carbocycles. The number of ether oxygens (including phenoxy) is 5. The number of benzene rings is 3. The average molecular weight is 813 g/mol. The third-order valence-electron chi connectivity index (χ3n) is 11.8. The van der Waals surface area contributed by atoms with Gasteiger partial charge in [0, 0.05) is 49.3 Å². The van der Waals surface area contributed by atoms with Crippen LogP contribution in [-0.4, -0.2) is 77.8 Å². The molecule has 11 nitrogen and oxygen atoms in total. The highest BCUT2D eigenvalue weighted by molar-refractivity contribution is 6.03. The average Bonchev–Trinajstić information content (AvgIpc) is 3.70. The van der Waals surface area contributed by atoms with E-state index in [2.05, 4.69) is 12.7 Å². The van der Waals surface area contributed by atoms with Crippen LogP contribution in [0.5, 0.6) is 23.0 Å². The number of likely N-dealkylation sites (N-methyl/N-ethyl adjacent to an activating group) is 1. The summed E-state index contributed by atoms with van der Waals surface area (Å²) in [7, 11) is 1.76. The summed E-state index contributed by atoms with van der Waals surface area (Å²) >= 11 is 0. The number of hydrogen-bond acceptors (Lipinski definition) is 10. The minimum absolute atomic E-state index is 0.0311. The number of nitrogens with zero attached hydrogens (tertiary/aromatic N) is 2. The topological polar surface area (TPSA) is 129 Å². The van der Waals surface area contributed by atoms with E-state index in [1.165, 1.54) is 6.07 Å².